The van der Waals surface area contributed by atoms with Crippen LogP contribution in [0.25, 0.3) is 0 Å². The van der Waals surface area contributed by atoms with Crippen molar-refractivity contribution in [1.29, 1.82) is 0 Å². The van der Waals surface area contributed by atoms with Gasteiger partial charge in [-0.3, -0.25) is 19.7 Å². The monoisotopic (exact) mass is 383 g/mol. The van der Waals surface area contributed by atoms with E-state index in [1.807, 2.05) is 0 Å². The molecule has 2 aromatic carbocycles. The van der Waals surface area contributed by atoms with Crippen LogP contribution in [0.5, 0.6) is 5.75 Å². The van der Waals surface area contributed by atoms with Gasteiger partial charge in [0.25, 0.3) is 5.69 Å². The molecule has 0 fully saturated rings. The molecule has 0 unspecified atom stereocenters. The van der Waals surface area contributed by atoms with Crippen molar-refractivity contribution in [1.82, 2.24) is 5.01 Å². The van der Waals surface area contributed by atoms with Crippen molar-refractivity contribution in [2.24, 2.45) is 5.10 Å². The number of esters is 1. The Labute approximate surface area is 160 Å². The molecular formula is C19H17N3O6. The van der Waals surface area contributed by atoms with Gasteiger partial charge in [-0.15, -0.1) is 5.10 Å². The first-order valence-electron chi connectivity index (χ1n) is 8.33. The van der Waals surface area contributed by atoms with Gasteiger partial charge in [0.15, 0.2) is 0 Å². The number of benzene rings is 2. The van der Waals surface area contributed by atoms with Crippen LogP contribution in [0.15, 0.2) is 53.6 Å². The van der Waals surface area contributed by atoms with Gasteiger partial charge in [-0.2, -0.15) is 5.01 Å². The Kier molecular flexibility index (Phi) is 4.83. The molecule has 28 heavy (non-hydrogen) atoms. The molecule has 0 N–H and O–H groups in total. The summed E-state index contributed by atoms with van der Waals surface area (Å²) < 4.78 is 11.0. The van der Waals surface area contributed by atoms with E-state index in [-0.39, 0.29) is 17.5 Å². The van der Waals surface area contributed by atoms with Gasteiger partial charge >= 0.3 is 5.97 Å². The lowest BCUT2D eigenvalue weighted by atomic mass is 10.0. The van der Waals surface area contributed by atoms with Crippen LogP contribution in [0, 0.1) is 10.1 Å². The molecule has 1 aliphatic heterocycles. The van der Waals surface area contributed by atoms with Gasteiger partial charge in [0.05, 0.1) is 4.92 Å². The summed E-state index contributed by atoms with van der Waals surface area (Å²) in [6.07, 6.45) is 0. The van der Waals surface area contributed by atoms with E-state index in [0.29, 0.717) is 16.9 Å². The van der Waals surface area contributed by atoms with Crippen molar-refractivity contribution in [3.05, 3.63) is 69.8 Å². The third-order valence-electron chi connectivity index (χ3n) is 4.14. The van der Waals surface area contributed by atoms with Crippen molar-refractivity contribution in [3.63, 3.8) is 0 Å². The molecule has 0 saturated carbocycles. The first-order chi connectivity index (χ1) is 13.2. The molecular weight excluding hydrogens is 366 g/mol. The van der Waals surface area contributed by atoms with Crippen LogP contribution in [0.2, 0.25) is 0 Å². The van der Waals surface area contributed by atoms with Crippen LogP contribution in [0.1, 0.15) is 31.9 Å². The maximum atomic E-state index is 12.2. The molecule has 0 aliphatic carbocycles. The number of non-ortho nitro benzene ring substituents is 1. The summed E-state index contributed by atoms with van der Waals surface area (Å²) in [4.78, 5) is 33.8. The number of nitro benzene ring substituents is 1. The molecule has 1 aliphatic rings. The van der Waals surface area contributed by atoms with Gasteiger partial charge in [-0.25, -0.2) is 0 Å². The zero-order valence-electron chi connectivity index (χ0n) is 15.4. The molecule has 1 heterocycles. The molecule has 0 aromatic heterocycles. The highest BCUT2D eigenvalue weighted by Crippen LogP contribution is 2.37. The molecule has 3 rings (SSSR count). The molecule has 9 nitrogen and oxygen atoms in total. The van der Waals surface area contributed by atoms with E-state index >= 15 is 0 Å². The van der Waals surface area contributed by atoms with Crippen LogP contribution in [0.4, 0.5) is 5.69 Å². The molecule has 0 spiro atoms. The normalized spacial score (nSPS) is 18.2. The van der Waals surface area contributed by atoms with E-state index in [4.69, 9.17) is 9.47 Å². The number of hydrogen-bond donors (Lipinski definition) is 0. The number of nitrogens with zero attached hydrogens (tertiary/aromatic N) is 3. The third-order valence-corrected chi connectivity index (χ3v) is 4.14. The molecule has 0 bridgehead atoms. The lowest BCUT2D eigenvalue weighted by Gasteiger charge is -2.30. The van der Waals surface area contributed by atoms with Crippen LogP contribution in [-0.2, 0) is 20.1 Å². The second-order valence-corrected chi connectivity index (χ2v) is 6.25. The van der Waals surface area contributed by atoms with Crippen molar-refractivity contribution in [3.8, 4) is 5.75 Å². The number of hydrazone groups is 1. The number of carbonyl (C=O) groups is 2. The van der Waals surface area contributed by atoms with Crippen LogP contribution >= 0.6 is 0 Å². The molecule has 0 radical (unpaired) electrons. The van der Waals surface area contributed by atoms with E-state index in [1.165, 1.54) is 32.0 Å². The molecule has 2 aromatic rings. The van der Waals surface area contributed by atoms with E-state index in [2.05, 4.69) is 5.10 Å². The highest BCUT2D eigenvalue weighted by atomic mass is 16.6. The number of rotatable bonds is 4. The predicted molar refractivity (Wildman–Crippen MR) is 98.3 cm³/mol. The number of carbonyl (C=O) groups excluding carboxylic acids is 2. The number of amides is 1. The Morgan fingerprint density at radius 1 is 1.18 bits per heavy atom. The summed E-state index contributed by atoms with van der Waals surface area (Å²) in [5.74, 6) is -0.304. The van der Waals surface area contributed by atoms with Gasteiger partial charge in [0.1, 0.15) is 5.75 Å². The quantitative estimate of drug-likeness (QED) is 0.347. The van der Waals surface area contributed by atoms with E-state index < -0.39 is 16.6 Å². The summed E-state index contributed by atoms with van der Waals surface area (Å²) in [6, 6.07) is 12.3. The van der Waals surface area contributed by atoms with Gasteiger partial charge in [0, 0.05) is 44.0 Å². The van der Waals surface area contributed by atoms with Crippen molar-refractivity contribution in [2.45, 2.75) is 26.5 Å². The zero-order chi connectivity index (χ0) is 20.5. The lowest BCUT2D eigenvalue weighted by Crippen LogP contribution is -2.41. The smallest absolute Gasteiger partial charge is 0.308 e. The molecule has 144 valence electrons. The fourth-order valence-corrected chi connectivity index (χ4v) is 2.85. The van der Waals surface area contributed by atoms with Crippen molar-refractivity contribution < 1.29 is 24.0 Å². The topological polar surface area (TPSA) is 111 Å². The summed E-state index contributed by atoms with van der Waals surface area (Å²) in [7, 11) is 0. The van der Waals surface area contributed by atoms with Crippen LogP contribution < -0.4 is 4.74 Å². The zero-order valence-corrected chi connectivity index (χ0v) is 15.4. The SMILES string of the molecule is CC(=O)Oc1ccc(C2=NN(C(C)=O)[C@@](C)(c3cccc([N+](=O)[O-])c3)O2)cc1. The first kappa shape index (κ1) is 19.0. The highest BCUT2D eigenvalue weighted by Gasteiger charge is 2.45. The average molecular weight is 383 g/mol. The maximum Gasteiger partial charge on any atom is 0.308 e. The second kappa shape index (κ2) is 7.10. The fourth-order valence-electron chi connectivity index (χ4n) is 2.85. The molecule has 1 atom stereocenters. The van der Waals surface area contributed by atoms with Crippen LogP contribution in [0.3, 0.4) is 0 Å². The number of ether oxygens (including phenoxy) is 2. The number of nitro groups is 1. The average Bonchev–Trinajstić information content (AvgIpc) is 3.01. The summed E-state index contributed by atoms with van der Waals surface area (Å²) in [5.41, 5.74) is -0.504. The summed E-state index contributed by atoms with van der Waals surface area (Å²) in [6.45, 7) is 4.24. The Morgan fingerprint density at radius 3 is 2.43 bits per heavy atom. The Hall–Kier alpha value is -3.75. The minimum Gasteiger partial charge on any atom is -0.443 e. The number of hydrogen-bond acceptors (Lipinski definition) is 7. The van der Waals surface area contributed by atoms with Gasteiger partial charge in [-0.1, -0.05) is 12.1 Å². The van der Waals surface area contributed by atoms with E-state index in [1.54, 1.807) is 37.3 Å². The van der Waals surface area contributed by atoms with Gasteiger partial charge in [0.2, 0.25) is 17.5 Å². The molecule has 0 saturated heterocycles. The van der Waals surface area contributed by atoms with Gasteiger partial charge in [-0.05, 0) is 24.3 Å². The lowest BCUT2D eigenvalue weighted by molar-refractivity contribution is -0.385. The second-order valence-electron chi connectivity index (χ2n) is 6.25. The standard InChI is InChI=1S/C19H17N3O6/c1-12(23)21-19(3,15-5-4-6-16(11-15)22(25)26)28-18(20-21)14-7-9-17(10-8-14)27-13(2)24/h4-11H,1-3H3/t19-/m1/s1. The summed E-state index contributed by atoms with van der Waals surface area (Å²) in [5, 5.41) is 16.5. The maximum absolute atomic E-state index is 12.2. The van der Waals surface area contributed by atoms with E-state index in [0.717, 1.165) is 5.01 Å². The van der Waals surface area contributed by atoms with Gasteiger partial charge < -0.3 is 9.47 Å². The van der Waals surface area contributed by atoms with Crippen LogP contribution in [-0.4, -0.2) is 27.7 Å². The molecule has 1 amide bonds. The Morgan fingerprint density at radius 2 is 1.86 bits per heavy atom. The summed E-state index contributed by atoms with van der Waals surface area (Å²) >= 11 is 0. The highest BCUT2D eigenvalue weighted by molar-refractivity contribution is 5.97. The Bertz CT molecular complexity index is 985. The predicted octanol–water partition coefficient (Wildman–Crippen LogP) is 2.93. The first-order valence-corrected chi connectivity index (χ1v) is 8.33. The Balaban J connectivity index is 1.96. The minimum atomic E-state index is -1.35. The largest absolute Gasteiger partial charge is 0.443 e. The third kappa shape index (κ3) is 3.54. The van der Waals surface area contributed by atoms with Crippen molar-refractivity contribution in [2.75, 3.05) is 0 Å². The minimum absolute atomic E-state index is 0.120. The van der Waals surface area contributed by atoms with E-state index in [9.17, 15) is 19.7 Å². The fraction of sp³-hybridized carbons (Fsp3) is 0.211. The van der Waals surface area contributed by atoms with Crippen molar-refractivity contribution >= 4 is 23.5 Å². The molecule has 9 heteroatoms.